The summed E-state index contributed by atoms with van der Waals surface area (Å²) >= 11 is 0.775. The molecule has 0 unspecified atom stereocenters. The molecule has 1 aromatic heterocycles. The number of thiazole rings is 1. The molecule has 0 saturated carbocycles. The number of halogens is 5. The van der Waals surface area contributed by atoms with Gasteiger partial charge in [0.25, 0.3) is 17.4 Å². The highest BCUT2D eigenvalue weighted by molar-refractivity contribution is 7.07. The Balaban J connectivity index is 1.77. The zero-order valence-corrected chi connectivity index (χ0v) is 21.3. The van der Waals surface area contributed by atoms with E-state index in [9.17, 15) is 36.8 Å². The summed E-state index contributed by atoms with van der Waals surface area (Å²) in [4.78, 5) is 26.9. The van der Waals surface area contributed by atoms with Crippen molar-refractivity contribution >= 4 is 34.2 Å². The molecule has 38 heavy (non-hydrogen) atoms. The minimum Gasteiger partial charge on any atom is -0.355 e. The van der Waals surface area contributed by atoms with Crippen molar-refractivity contribution in [2.45, 2.75) is 44.8 Å². The molecule has 13 heteroatoms. The second kappa shape index (κ2) is 12.4. The van der Waals surface area contributed by atoms with E-state index in [2.05, 4.69) is 11.0 Å². The largest absolute Gasteiger partial charge is 0.405 e. The van der Waals surface area contributed by atoms with Gasteiger partial charge < -0.3 is 15.5 Å². The molecule has 1 aliphatic rings. The van der Waals surface area contributed by atoms with Crippen LogP contribution in [-0.4, -0.2) is 53.7 Å². The fraction of sp³-hybridized carbons (Fsp3) is 0.440. The lowest BCUT2D eigenvalue weighted by Crippen LogP contribution is -2.40. The first kappa shape index (κ1) is 29.1. The molecule has 0 bridgehead atoms. The van der Waals surface area contributed by atoms with Gasteiger partial charge in [-0.05, 0) is 31.0 Å². The van der Waals surface area contributed by atoms with Crippen molar-refractivity contribution in [2.75, 3.05) is 31.5 Å². The van der Waals surface area contributed by atoms with Gasteiger partial charge in [-0.1, -0.05) is 17.9 Å². The summed E-state index contributed by atoms with van der Waals surface area (Å²) in [5, 5.41) is 14.0. The lowest BCUT2D eigenvalue weighted by molar-refractivity contribution is -0.135. The lowest BCUT2D eigenvalue weighted by Gasteiger charge is -2.31. The Bertz CT molecular complexity index is 1410. The van der Waals surface area contributed by atoms with Crippen molar-refractivity contribution in [3.63, 3.8) is 0 Å². The van der Waals surface area contributed by atoms with Crippen LogP contribution in [0.25, 0.3) is 11.3 Å². The number of anilines is 1. The average molecular weight is 556 g/mol. The molecule has 0 aliphatic carbocycles. The number of carbonyl (C=O) groups is 1. The van der Waals surface area contributed by atoms with Gasteiger partial charge in [0.05, 0.1) is 0 Å². The summed E-state index contributed by atoms with van der Waals surface area (Å²) in [5.41, 5.74) is 3.33. The molecule has 1 aromatic carbocycles. The molecule has 7 nitrogen and oxygen atoms in total. The van der Waals surface area contributed by atoms with Crippen LogP contribution in [0.1, 0.15) is 25.3 Å². The molecule has 1 aliphatic heterocycles. The normalized spacial score (nSPS) is 16.2. The molecule has 0 radical (unpaired) electrons. The fourth-order valence-corrected chi connectivity index (χ4v) is 4.90. The Hall–Kier alpha value is -3.46. The minimum absolute atomic E-state index is 0.0591. The SMILES string of the molecule is CCn1c(=O)c(=C=CNc2cccc(CCN3CCC(F)(F)CC3)c2)s/c1=C(/C#N)C(=O)NCC(F)(F)F. The van der Waals surface area contributed by atoms with Crippen molar-refractivity contribution in [3.05, 3.63) is 55.6 Å². The van der Waals surface area contributed by atoms with Crippen molar-refractivity contribution in [2.24, 2.45) is 0 Å². The van der Waals surface area contributed by atoms with Crippen LogP contribution in [0.4, 0.5) is 27.6 Å². The standard InChI is InChI=1S/C25H26F5N5O2S/c1-2-35-22(37)20(38-23(35)19(15-31)21(36)33-16-25(28,29)30)6-10-32-18-5-3-4-17(14-18)7-11-34-12-8-24(26,27)9-13-34/h3-5,10,14,32H,2,7-9,11-13,16H2,1H3,(H,33,36)/b23-19-. The van der Waals surface area contributed by atoms with E-state index in [1.165, 1.54) is 6.20 Å². The maximum atomic E-state index is 13.3. The quantitative estimate of drug-likeness (QED) is 0.489. The van der Waals surface area contributed by atoms with Gasteiger partial charge in [0.15, 0.2) is 5.57 Å². The van der Waals surface area contributed by atoms with Crippen LogP contribution >= 0.6 is 11.3 Å². The highest BCUT2D eigenvalue weighted by atomic mass is 32.1. The molecule has 0 atom stereocenters. The third-order valence-electron chi connectivity index (χ3n) is 5.88. The number of nitrogens with one attached hydrogen (secondary N) is 2. The van der Waals surface area contributed by atoms with E-state index in [4.69, 9.17) is 0 Å². The maximum absolute atomic E-state index is 13.3. The fourth-order valence-electron chi connectivity index (χ4n) is 3.83. The number of nitriles is 1. The van der Waals surface area contributed by atoms with Gasteiger partial charge in [0, 0.05) is 50.9 Å². The van der Waals surface area contributed by atoms with Gasteiger partial charge in [-0.25, -0.2) is 8.78 Å². The molecule has 2 N–H and O–H groups in total. The predicted molar refractivity (Wildman–Crippen MR) is 134 cm³/mol. The van der Waals surface area contributed by atoms with E-state index in [1.54, 1.807) is 24.4 Å². The molecule has 1 saturated heterocycles. The average Bonchev–Trinajstić information content (AvgIpc) is 3.17. The predicted octanol–water partition coefficient (Wildman–Crippen LogP) is 2.56. The molecule has 204 valence electrons. The number of hydrogen-bond acceptors (Lipinski definition) is 6. The molecular weight excluding hydrogens is 529 g/mol. The number of alkyl halides is 5. The first-order chi connectivity index (χ1) is 17.9. The van der Waals surface area contributed by atoms with Crippen LogP contribution in [0.5, 0.6) is 0 Å². The summed E-state index contributed by atoms with van der Waals surface area (Å²) in [5.74, 6) is -3.81. The molecule has 0 spiro atoms. The van der Waals surface area contributed by atoms with Crippen LogP contribution < -0.4 is 25.4 Å². The van der Waals surface area contributed by atoms with Crippen LogP contribution in [0.3, 0.4) is 0 Å². The van der Waals surface area contributed by atoms with Crippen molar-refractivity contribution in [1.82, 2.24) is 14.8 Å². The minimum atomic E-state index is -4.65. The van der Waals surface area contributed by atoms with Gasteiger partial charge in [-0.3, -0.25) is 14.2 Å². The van der Waals surface area contributed by atoms with Crippen LogP contribution in [0.15, 0.2) is 35.3 Å². The number of carbonyl (C=O) groups excluding carboxylic acids is 1. The number of piperidine rings is 1. The first-order valence-electron chi connectivity index (χ1n) is 11.8. The van der Waals surface area contributed by atoms with E-state index in [-0.39, 0.29) is 28.6 Å². The van der Waals surface area contributed by atoms with Crippen LogP contribution in [0, 0.1) is 11.3 Å². The zero-order valence-electron chi connectivity index (χ0n) is 20.5. The van der Waals surface area contributed by atoms with E-state index in [0.717, 1.165) is 21.5 Å². The number of benzene rings is 1. The lowest BCUT2D eigenvalue weighted by atomic mass is 10.1. The van der Waals surface area contributed by atoms with Gasteiger partial charge in [0.1, 0.15) is 21.8 Å². The van der Waals surface area contributed by atoms with Crippen molar-refractivity contribution in [1.29, 1.82) is 5.26 Å². The summed E-state index contributed by atoms with van der Waals surface area (Å²) in [6, 6.07) is 9.02. The van der Waals surface area contributed by atoms with Gasteiger partial charge in [-0.2, -0.15) is 18.4 Å². The second-order valence-electron chi connectivity index (χ2n) is 8.65. The summed E-state index contributed by atoms with van der Waals surface area (Å²) < 4.78 is 65.1. The van der Waals surface area contributed by atoms with Crippen molar-refractivity contribution < 1.29 is 26.7 Å². The van der Waals surface area contributed by atoms with E-state index in [1.807, 2.05) is 23.1 Å². The molecule has 2 heterocycles. The highest BCUT2D eigenvalue weighted by Crippen LogP contribution is 2.27. The first-order valence-corrected chi connectivity index (χ1v) is 12.6. The number of rotatable bonds is 8. The number of hydrogen-bond donors (Lipinski definition) is 2. The molecule has 1 fully saturated rings. The Labute approximate surface area is 219 Å². The monoisotopic (exact) mass is 555 g/mol. The number of aromatic nitrogens is 1. The number of amides is 1. The maximum Gasteiger partial charge on any atom is 0.405 e. The second-order valence-corrected chi connectivity index (χ2v) is 9.65. The molecule has 2 aromatic rings. The topological polar surface area (TPSA) is 90.2 Å². The Morgan fingerprint density at radius 2 is 1.97 bits per heavy atom. The number of likely N-dealkylation sites (tertiary alicyclic amines) is 1. The Kier molecular flexibility index (Phi) is 9.49. The van der Waals surface area contributed by atoms with E-state index >= 15 is 0 Å². The van der Waals surface area contributed by atoms with Crippen molar-refractivity contribution in [3.8, 4) is 6.07 Å². The smallest absolute Gasteiger partial charge is 0.355 e. The van der Waals surface area contributed by atoms with E-state index in [0.29, 0.717) is 31.7 Å². The van der Waals surface area contributed by atoms with Gasteiger partial charge in [-0.15, -0.1) is 11.3 Å². The third-order valence-corrected chi connectivity index (χ3v) is 6.99. The zero-order chi connectivity index (χ0) is 27.9. The summed E-state index contributed by atoms with van der Waals surface area (Å²) in [6.07, 6.45) is -2.85. The van der Waals surface area contributed by atoms with Gasteiger partial charge in [0.2, 0.25) is 0 Å². The summed E-state index contributed by atoms with van der Waals surface area (Å²) in [7, 11) is 0. The molecule has 1 amide bonds. The summed E-state index contributed by atoms with van der Waals surface area (Å²) in [6.45, 7) is 1.46. The third kappa shape index (κ3) is 8.02. The van der Waals surface area contributed by atoms with Crippen LogP contribution in [0.2, 0.25) is 0 Å². The van der Waals surface area contributed by atoms with Crippen LogP contribution in [-0.2, 0) is 17.8 Å². The highest BCUT2D eigenvalue weighted by Gasteiger charge is 2.33. The van der Waals surface area contributed by atoms with Gasteiger partial charge >= 0.3 is 6.18 Å². The molecular formula is C25H26F5N5O2S. The Morgan fingerprint density at radius 3 is 2.61 bits per heavy atom. The Morgan fingerprint density at radius 1 is 1.26 bits per heavy atom. The number of nitrogens with zero attached hydrogens (tertiary/aromatic N) is 3. The van der Waals surface area contributed by atoms with E-state index < -0.39 is 35.7 Å². The molecule has 3 rings (SSSR count).